The zero-order valence-corrected chi connectivity index (χ0v) is 11.5. The van der Waals surface area contributed by atoms with Gasteiger partial charge in [0, 0.05) is 6.42 Å². The number of nitrogens with zero attached hydrogens (tertiary/aromatic N) is 1. The van der Waals surface area contributed by atoms with Gasteiger partial charge in [0.1, 0.15) is 11.8 Å². The molecule has 1 aliphatic heterocycles. The molecule has 1 amide bonds. The molecule has 1 atom stereocenters. The third-order valence-corrected chi connectivity index (χ3v) is 3.29. The van der Waals surface area contributed by atoms with Crippen molar-refractivity contribution in [3.8, 4) is 5.75 Å². The Kier molecular flexibility index (Phi) is 4.12. The molecule has 1 N–H and O–H groups in total. The topological polar surface area (TPSA) is 76.1 Å². The van der Waals surface area contributed by atoms with Crippen molar-refractivity contribution in [3.63, 3.8) is 0 Å². The van der Waals surface area contributed by atoms with Crippen LogP contribution >= 0.6 is 0 Å². The molecule has 0 radical (unpaired) electrons. The number of esters is 1. The van der Waals surface area contributed by atoms with E-state index in [0.717, 1.165) is 11.1 Å². The zero-order chi connectivity index (χ0) is 14.7. The number of carbonyl (C=O) groups excluding carboxylic acids is 2. The maximum atomic E-state index is 12.0. The first kappa shape index (κ1) is 14.2. The molecule has 1 aromatic rings. The van der Waals surface area contributed by atoms with Crippen molar-refractivity contribution in [2.75, 3.05) is 13.7 Å². The van der Waals surface area contributed by atoms with Crippen LogP contribution in [0.1, 0.15) is 18.1 Å². The molecule has 0 bridgehead atoms. The van der Waals surface area contributed by atoms with E-state index in [9.17, 15) is 14.7 Å². The zero-order valence-electron chi connectivity index (χ0n) is 11.5. The molecule has 6 heteroatoms. The first-order valence-corrected chi connectivity index (χ1v) is 6.38. The summed E-state index contributed by atoms with van der Waals surface area (Å²) in [7, 11) is 1.27. The second-order valence-corrected chi connectivity index (χ2v) is 4.52. The van der Waals surface area contributed by atoms with Gasteiger partial charge in [0.25, 0.3) is 0 Å². The van der Waals surface area contributed by atoms with Crippen LogP contribution in [-0.4, -0.2) is 41.8 Å². The van der Waals surface area contributed by atoms with Gasteiger partial charge in [-0.1, -0.05) is 6.07 Å². The first-order chi connectivity index (χ1) is 9.56. The van der Waals surface area contributed by atoms with E-state index in [2.05, 4.69) is 0 Å². The van der Waals surface area contributed by atoms with Crippen molar-refractivity contribution in [2.45, 2.75) is 25.9 Å². The summed E-state index contributed by atoms with van der Waals surface area (Å²) in [6.07, 6.45) is -0.265. The van der Waals surface area contributed by atoms with Gasteiger partial charge in [0.15, 0.2) is 0 Å². The molecule has 1 aliphatic rings. The van der Waals surface area contributed by atoms with Crippen LogP contribution in [0.2, 0.25) is 0 Å². The van der Waals surface area contributed by atoms with Gasteiger partial charge in [-0.3, -0.25) is 4.90 Å². The molecule has 20 heavy (non-hydrogen) atoms. The first-order valence-electron chi connectivity index (χ1n) is 6.38. The Morgan fingerprint density at radius 2 is 2.15 bits per heavy atom. The fourth-order valence-electron chi connectivity index (χ4n) is 2.33. The SMILES string of the molecule is CCOC(=O)C1Cc2cc(O)ccc2CN1C(=O)OC. The Morgan fingerprint density at radius 1 is 1.40 bits per heavy atom. The summed E-state index contributed by atoms with van der Waals surface area (Å²) in [5.41, 5.74) is 1.72. The van der Waals surface area contributed by atoms with Crippen molar-refractivity contribution in [1.29, 1.82) is 0 Å². The van der Waals surface area contributed by atoms with E-state index < -0.39 is 18.1 Å². The number of methoxy groups -OCH3 is 1. The summed E-state index contributed by atoms with van der Waals surface area (Å²) in [6.45, 7) is 2.21. The molecule has 0 spiro atoms. The van der Waals surface area contributed by atoms with E-state index in [1.54, 1.807) is 25.1 Å². The van der Waals surface area contributed by atoms with E-state index >= 15 is 0 Å². The minimum absolute atomic E-state index is 0.137. The Morgan fingerprint density at radius 3 is 2.80 bits per heavy atom. The van der Waals surface area contributed by atoms with Gasteiger partial charge in [-0.25, -0.2) is 9.59 Å². The maximum absolute atomic E-state index is 12.0. The predicted octanol–water partition coefficient (Wildman–Crippen LogP) is 1.45. The third-order valence-electron chi connectivity index (χ3n) is 3.29. The van der Waals surface area contributed by atoms with Gasteiger partial charge in [-0.2, -0.15) is 0 Å². The number of hydrogen-bond donors (Lipinski definition) is 1. The number of aromatic hydroxyl groups is 1. The van der Waals surface area contributed by atoms with Crippen LogP contribution in [0.15, 0.2) is 18.2 Å². The Labute approximate surface area is 116 Å². The minimum atomic E-state index is -0.725. The molecule has 1 unspecified atom stereocenters. The molecule has 0 aromatic heterocycles. The summed E-state index contributed by atoms with van der Waals surface area (Å²) in [5.74, 6) is -0.329. The Hall–Kier alpha value is -2.24. The molecule has 6 nitrogen and oxygen atoms in total. The highest BCUT2D eigenvalue weighted by Crippen LogP contribution is 2.27. The van der Waals surface area contributed by atoms with Crippen LogP contribution in [-0.2, 0) is 27.2 Å². The maximum Gasteiger partial charge on any atom is 0.410 e. The molecule has 0 saturated carbocycles. The number of ether oxygens (including phenoxy) is 2. The van der Waals surface area contributed by atoms with E-state index in [1.165, 1.54) is 12.0 Å². The second-order valence-electron chi connectivity index (χ2n) is 4.52. The molecule has 0 saturated heterocycles. The summed E-state index contributed by atoms with van der Waals surface area (Å²) in [5, 5.41) is 9.52. The molecular weight excluding hydrogens is 262 g/mol. The number of hydrogen-bond acceptors (Lipinski definition) is 5. The fraction of sp³-hybridized carbons (Fsp3) is 0.429. The van der Waals surface area contributed by atoms with Gasteiger partial charge < -0.3 is 14.6 Å². The number of benzene rings is 1. The molecule has 1 heterocycles. The Bertz CT molecular complexity index is 528. The van der Waals surface area contributed by atoms with Crippen LogP contribution < -0.4 is 0 Å². The van der Waals surface area contributed by atoms with Crippen LogP contribution in [0.4, 0.5) is 4.79 Å². The summed E-state index contributed by atoms with van der Waals surface area (Å²) >= 11 is 0. The molecule has 0 aliphatic carbocycles. The highest BCUT2D eigenvalue weighted by Gasteiger charge is 2.36. The molecule has 1 aromatic carbocycles. The fourth-order valence-corrected chi connectivity index (χ4v) is 2.33. The van der Waals surface area contributed by atoms with Crippen molar-refractivity contribution in [3.05, 3.63) is 29.3 Å². The van der Waals surface area contributed by atoms with Gasteiger partial charge in [-0.05, 0) is 30.2 Å². The van der Waals surface area contributed by atoms with Gasteiger partial charge in [-0.15, -0.1) is 0 Å². The molecule has 108 valence electrons. The van der Waals surface area contributed by atoms with Crippen LogP contribution in [0.25, 0.3) is 0 Å². The van der Waals surface area contributed by atoms with Crippen LogP contribution in [0, 0.1) is 0 Å². The standard InChI is InChI=1S/C14H17NO5/c1-3-20-13(17)12-7-10-6-11(16)5-4-9(10)8-15(12)14(18)19-2/h4-6,12,16H,3,7-8H2,1-2H3. The lowest BCUT2D eigenvalue weighted by Gasteiger charge is -2.34. The van der Waals surface area contributed by atoms with Crippen molar-refractivity contribution in [1.82, 2.24) is 4.90 Å². The third kappa shape index (κ3) is 2.68. The molecule has 0 fully saturated rings. The van der Waals surface area contributed by atoms with Crippen LogP contribution in [0.5, 0.6) is 5.75 Å². The normalized spacial score (nSPS) is 17.3. The molecule has 2 rings (SSSR count). The van der Waals surface area contributed by atoms with E-state index in [1.807, 2.05) is 0 Å². The summed E-state index contributed by atoms with van der Waals surface area (Å²) < 4.78 is 9.72. The summed E-state index contributed by atoms with van der Waals surface area (Å²) in [4.78, 5) is 25.1. The lowest BCUT2D eigenvalue weighted by Crippen LogP contribution is -2.49. The van der Waals surface area contributed by atoms with Crippen LogP contribution in [0.3, 0.4) is 0 Å². The van der Waals surface area contributed by atoms with Gasteiger partial charge in [0.05, 0.1) is 20.3 Å². The Balaban J connectivity index is 2.32. The van der Waals surface area contributed by atoms with E-state index in [-0.39, 0.29) is 18.9 Å². The minimum Gasteiger partial charge on any atom is -0.508 e. The average Bonchev–Trinajstić information content (AvgIpc) is 2.45. The number of amides is 1. The van der Waals surface area contributed by atoms with Crippen molar-refractivity contribution < 1.29 is 24.2 Å². The number of phenolic OH excluding ortho intramolecular Hbond substituents is 1. The second kappa shape index (κ2) is 5.81. The predicted molar refractivity (Wildman–Crippen MR) is 70.2 cm³/mol. The largest absolute Gasteiger partial charge is 0.508 e. The summed E-state index contributed by atoms with van der Waals surface area (Å²) in [6, 6.07) is 4.17. The van der Waals surface area contributed by atoms with Crippen molar-refractivity contribution in [2.24, 2.45) is 0 Å². The van der Waals surface area contributed by atoms with Gasteiger partial charge in [0.2, 0.25) is 0 Å². The highest BCUT2D eigenvalue weighted by molar-refractivity contribution is 5.82. The lowest BCUT2D eigenvalue weighted by atomic mass is 9.94. The van der Waals surface area contributed by atoms with E-state index in [0.29, 0.717) is 6.42 Å². The number of carbonyl (C=O) groups is 2. The average molecular weight is 279 g/mol. The van der Waals surface area contributed by atoms with E-state index in [4.69, 9.17) is 9.47 Å². The monoisotopic (exact) mass is 279 g/mol. The lowest BCUT2D eigenvalue weighted by molar-refractivity contribution is -0.149. The smallest absolute Gasteiger partial charge is 0.410 e. The van der Waals surface area contributed by atoms with Crippen molar-refractivity contribution >= 4 is 12.1 Å². The highest BCUT2D eigenvalue weighted by atomic mass is 16.6. The molecular formula is C14H17NO5. The number of phenols is 1. The number of rotatable bonds is 2. The quantitative estimate of drug-likeness (QED) is 0.829. The number of fused-ring (bicyclic) bond motifs is 1. The van der Waals surface area contributed by atoms with Gasteiger partial charge >= 0.3 is 12.1 Å².